The lowest BCUT2D eigenvalue weighted by atomic mass is 10.1. The third kappa shape index (κ3) is 4.42. The van der Waals surface area contributed by atoms with Gasteiger partial charge in [-0.25, -0.2) is 18.1 Å². The third-order valence-electron chi connectivity index (χ3n) is 5.01. The normalized spacial score (nSPS) is 11.8. The first-order valence-electron chi connectivity index (χ1n) is 10.2. The molecule has 0 radical (unpaired) electrons. The van der Waals surface area contributed by atoms with Crippen molar-refractivity contribution in [1.82, 2.24) is 14.3 Å². The monoisotopic (exact) mass is 448 g/mol. The van der Waals surface area contributed by atoms with E-state index in [-0.39, 0.29) is 16.8 Å². The Bertz CT molecular complexity index is 1370. The Kier molecular flexibility index (Phi) is 5.82. The zero-order valence-electron chi connectivity index (χ0n) is 18.0. The molecule has 0 saturated heterocycles. The second-order valence-corrected chi connectivity index (χ2v) is 9.53. The smallest absolute Gasteiger partial charge is 0.255 e. The maximum Gasteiger partial charge on any atom is 0.255 e. The number of sulfonamides is 1. The molecule has 0 saturated carbocycles. The molecule has 1 aromatic heterocycles. The fraction of sp³-hybridized carbons (Fsp3) is 0.167. The fourth-order valence-electron chi connectivity index (χ4n) is 3.47. The van der Waals surface area contributed by atoms with Gasteiger partial charge in [0.2, 0.25) is 10.0 Å². The summed E-state index contributed by atoms with van der Waals surface area (Å²) >= 11 is 0. The summed E-state index contributed by atoms with van der Waals surface area (Å²) in [6.45, 7) is 3.50. The molecule has 0 fully saturated rings. The molecule has 0 spiro atoms. The van der Waals surface area contributed by atoms with Crippen molar-refractivity contribution in [2.75, 3.05) is 5.32 Å². The number of fused-ring (bicyclic) bond motifs is 1. The van der Waals surface area contributed by atoms with E-state index in [0.717, 1.165) is 22.4 Å². The van der Waals surface area contributed by atoms with Crippen LogP contribution in [-0.4, -0.2) is 29.9 Å². The highest BCUT2D eigenvalue weighted by molar-refractivity contribution is 7.89. The lowest BCUT2D eigenvalue weighted by molar-refractivity contribution is 0.102. The van der Waals surface area contributed by atoms with Crippen LogP contribution >= 0.6 is 0 Å². The number of benzene rings is 3. The maximum absolute atomic E-state index is 12.6. The molecule has 4 rings (SSSR count). The van der Waals surface area contributed by atoms with Crippen molar-refractivity contribution >= 4 is 32.7 Å². The fourth-order valence-corrected chi connectivity index (χ4v) is 4.72. The molecule has 0 unspecified atom stereocenters. The van der Waals surface area contributed by atoms with Crippen molar-refractivity contribution in [2.24, 2.45) is 7.05 Å². The molecular formula is C24H24N4O3S. The summed E-state index contributed by atoms with van der Waals surface area (Å²) in [5.41, 5.74) is 3.92. The van der Waals surface area contributed by atoms with E-state index in [4.69, 9.17) is 0 Å². The highest BCUT2D eigenvalue weighted by Gasteiger charge is 2.16. The van der Waals surface area contributed by atoms with Gasteiger partial charge in [-0.1, -0.05) is 12.1 Å². The Morgan fingerprint density at radius 2 is 1.59 bits per heavy atom. The minimum absolute atomic E-state index is 0.120. The molecule has 1 heterocycles. The second-order valence-electron chi connectivity index (χ2n) is 7.81. The van der Waals surface area contributed by atoms with E-state index in [0.29, 0.717) is 11.3 Å². The van der Waals surface area contributed by atoms with E-state index < -0.39 is 10.0 Å². The first-order chi connectivity index (χ1) is 15.2. The van der Waals surface area contributed by atoms with E-state index in [1.165, 1.54) is 24.3 Å². The molecular weight excluding hydrogens is 424 g/mol. The Hall–Kier alpha value is -3.49. The van der Waals surface area contributed by atoms with Gasteiger partial charge >= 0.3 is 0 Å². The van der Waals surface area contributed by atoms with Gasteiger partial charge in [0.1, 0.15) is 5.82 Å². The number of imidazole rings is 1. The summed E-state index contributed by atoms with van der Waals surface area (Å²) in [5.74, 6) is 0.525. The van der Waals surface area contributed by atoms with Crippen LogP contribution < -0.4 is 10.0 Å². The highest BCUT2D eigenvalue weighted by atomic mass is 32.2. The molecule has 0 aliphatic rings. The predicted molar refractivity (Wildman–Crippen MR) is 126 cm³/mol. The number of para-hydroxylation sites is 2. The van der Waals surface area contributed by atoms with Gasteiger partial charge < -0.3 is 9.88 Å². The minimum Gasteiger partial charge on any atom is -0.327 e. The SMILES string of the molecule is CC(C)NS(=O)(=O)c1ccc(C(=O)Nc2ccc(-c3nc4ccccc4n3C)cc2)cc1. The van der Waals surface area contributed by atoms with E-state index in [1.54, 1.807) is 13.8 Å². The van der Waals surface area contributed by atoms with Gasteiger partial charge in [-0.15, -0.1) is 0 Å². The number of hydrogen-bond donors (Lipinski definition) is 2. The van der Waals surface area contributed by atoms with Crippen LogP contribution in [0.15, 0.2) is 77.7 Å². The lowest BCUT2D eigenvalue weighted by Crippen LogP contribution is -2.30. The topological polar surface area (TPSA) is 93.1 Å². The summed E-state index contributed by atoms with van der Waals surface area (Å²) in [4.78, 5) is 17.4. The quantitative estimate of drug-likeness (QED) is 0.463. The number of nitrogens with zero attached hydrogens (tertiary/aromatic N) is 2. The Morgan fingerprint density at radius 1 is 0.938 bits per heavy atom. The molecule has 2 N–H and O–H groups in total. The third-order valence-corrected chi connectivity index (χ3v) is 6.68. The highest BCUT2D eigenvalue weighted by Crippen LogP contribution is 2.25. The standard InChI is InChI=1S/C24H24N4O3S/c1-16(2)27-32(30,31)20-14-10-18(11-15-20)24(29)25-19-12-8-17(9-13-19)23-26-21-6-4-5-7-22(21)28(23)3/h4-16,27H,1-3H3,(H,25,29). The minimum atomic E-state index is -3.60. The zero-order chi connectivity index (χ0) is 22.9. The molecule has 8 heteroatoms. The average molecular weight is 449 g/mol. The first kappa shape index (κ1) is 21.7. The molecule has 7 nitrogen and oxygen atoms in total. The number of nitrogens with one attached hydrogen (secondary N) is 2. The van der Waals surface area contributed by atoms with Crippen molar-refractivity contribution in [3.8, 4) is 11.4 Å². The van der Waals surface area contributed by atoms with Gasteiger partial charge in [0, 0.05) is 29.9 Å². The number of rotatable bonds is 6. The summed E-state index contributed by atoms with van der Waals surface area (Å²) < 4.78 is 29.0. The van der Waals surface area contributed by atoms with Crippen molar-refractivity contribution in [3.63, 3.8) is 0 Å². The number of hydrogen-bond acceptors (Lipinski definition) is 4. The molecule has 32 heavy (non-hydrogen) atoms. The predicted octanol–water partition coefficient (Wildman–Crippen LogP) is 4.18. The van der Waals surface area contributed by atoms with Gasteiger partial charge in [-0.2, -0.15) is 0 Å². The van der Waals surface area contributed by atoms with E-state index in [2.05, 4.69) is 15.0 Å². The van der Waals surface area contributed by atoms with Gasteiger partial charge in [-0.05, 0) is 74.5 Å². The van der Waals surface area contributed by atoms with Crippen molar-refractivity contribution < 1.29 is 13.2 Å². The Balaban J connectivity index is 1.49. The van der Waals surface area contributed by atoms with E-state index in [1.807, 2.05) is 60.1 Å². The number of amides is 1. The van der Waals surface area contributed by atoms with Gasteiger partial charge in [-0.3, -0.25) is 4.79 Å². The number of carbonyl (C=O) groups excluding carboxylic acids is 1. The zero-order valence-corrected chi connectivity index (χ0v) is 18.8. The van der Waals surface area contributed by atoms with Crippen molar-refractivity contribution in [1.29, 1.82) is 0 Å². The van der Waals surface area contributed by atoms with Crippen molar-refractivity contribution in [2.45, 2.75) is 24.8 Å². The lowest BCUT2D eigenvalue weighted by Gasteiger charge is -2.10. The maximum atomic E-state index is 12.6. The van der Waals surface area contributed by atoms with Crippen LogP contribution in [0.2, 0.25) is 0 Å². The van der Waals surface area contributed by atoms with Gasteiger partial charge in [0.05, 0.1) is 15.9 Å². The molecule has 0 aliphatic heterocycles. The van der Waals surface area contributed by atoms with Crippen LogP contribution in [0.5, 0.6) is 0 Å². The van der Waals surface area contributed by atoms with Crippen LogP contribution in [0.4, 0.5) is 5.69 Å². The molecule has 3 aromatic carbocycles. The van der Waals surface area contributed by atoms with E-state index in [9.17, 15) is 13.2 Å². The van der Waals surface area contributed by atoms with Crippen LogP contribution in [0.25, 0.3) is 22.4 Å². The summed E-state index contributed by atoms with van der Waals surface area (Å²) in [6, 6.07) is 21.0. The van der Waals surface area contributed by atoms with E-state index >= 15 is 0 Å². The van der Waals surface area contributed by atoms with Crippen LogP contribution in [0, 0.1) is 0 Å². The number of carbonyl (C=O) groups is 1. The molecule has 0 aliphatic carbocycles. The van der Waals surface area contributed by atoms with Crippen molar-refractivity contribution in [3.05, 3.63) is 78.4 Å². The average Bonchev–Trinajstić information content (AvgIpc) is 3.10. The van der Waals surface area contributed by atoms with Gasteiger partial charge in [0.25, 0.3) is 5.91 Å². The molecule has 0 bridgehead atoms. The molecule has 4 aromatic rings. The molecule has 1 amide bonds. The molecule has 0 atom stereocenters. The summed E-state index contributed by atoms with van der Waals surface area (Å²) in [7, 11) is -1.62. The second kappa shape index (κ2) is 8.57. The number of anilines is 1. The number of aromatic nitrogens is 2. The van der Waals surface area contributed by atoms with Crippen LogP contribution in [0.3, 0.4) is 0 Å². The molecule has 164 valence electrons. The largest absolute Gasteiger partial charge is 0.327 e. The Morgan fingerprint density at radius 3 is 2.22 bits per heavy atom. The summed E-state index contributed by atoms with van der Waals surface area (Å²) in [5, 5.41) is 2.84. The van der Waals surface area contributed by atoms with Crippen LogP contribution in [-0.2, 0) is 17.1 Å². The summed E-state index contributed by atoms with van der Waals surface area (Å²) in [6.07, 6.45) is 0. The number of aryl methyl sites for hydroxylation is 1. The van der Waals surface area contributed by atoms with Gasteiger partial charge in [0.15, 0.2) is 0 Å². The Labute approximate surface area is 187 Å². The van der Waals surface area contributed by atoms with Crippen LogP contribution in [0.1, 0.15) is 24.2 Å². The first-order valence-corrected chi connectivity index (χ1v) is 11.7.